The molecule has 0 amide bonds. The molecule has 3 heteroatoms. The van der Waals surface area contributed by atoms with Gasteiger partial charge in [0.15, 0.2) is 0 Å². The second-order valence-corrected chi connectivity index (χ2v) is 8.44. The predicted molar refractivity (Wildman–Crippen MR) is 84.9 cm³/mol. The van der Waals surface area contributed by atoms with Gasteiger partial charge in [0, 0.05) is 12.1 Å². The first kappa shape index (κ1) is 17.9. The first-order chi connectivity index (χ1) is 9.09. The maximum atomic E-state index is 10.1. The van der Waals surface area contributed by atoms with E-state index in [0.29, 0.717) is 25.2 Å². The number of aliphatic hydroxyl groups excluding tert-OH is 1. The van der Waals surface area contributed by atoms with Gasteiger partial charge in [0.05, 0.1) is 18.8 Å². The van der Waals surface area contributed by atoms with E-state index in [9.17, 15) is 5.11 Å². The highest BCUT2D eigenvalue weighted by Gasteiger charge is 2.27. The largest absolute Gasteiger partial charge is 0.389 e. The summed E-state index contributed by atoms with van der Waals surface area (Å²) in [5.74, 6) is 0.646. The van der Waals surface area contributed by atoms with Crippen LogP contribution >= 0.6 is 0 Å². The third-order valence-electron chi connectivity index (χ3n) is 4.07. The molecule has 1 aliphatic rings. The normalized spacial score (nSPS) is 25.9. The number of aliphatic hydroxyl groups is 1. The highest BCUT2D eigenvalue weighted by Crippen LogP contribution is 2.28. The fraction of sp³-hybridized carbons (Fsp3) is 1.00. The minimum absolute atomic E-state index is 0.0415. The van der Waals surface area contributed by atoms with Gasteiger partial charge in [-0.15, -0.1) is 0 Å². The Balaban J connectivity index is 2.23. The molecule has 20 heavy (non-hydrogen) atoms. The monoisotopic (exact) mass is 285 g/mol. The van der Waals surface area contributed by atoms with Crippen LogP contribution in [0.2, 0.25) is 0 Å². The number of hydrogen-bond acceptors (Lipinski definition) is 3. The maximum Gasteiger partial charge on any atom is 0.0898 e. The predicted octanol–water partition coefficient (Wildman–Crippen LogP) is 3.36. The van der Waals surface area contributed by atoms with E-state index >= 15 is 0 Å². The van der Waals surface area contributed by atoms with Gasteiger partial charge in [-0.3, -0.25) is 0 Å². The lowest BCUT2D eigenvalue weighted by molar-refractivity contribution is -0.0232. The van der Waals surface area contributed by atoms with E-state index in [1.165, 1.54) is 12.8 Å². The average molecular weight is 285 g/mol. The minimum atomic E-state index is -0.415. The van der Waals surface area contributed by atoms with Crippen LogP contribution in [0, 0.1) is 11.3 Å². The molecule has 1 rings (SSSR count). The van der Waals surface area contributed by atoms with E-state index in [0.717, 1.165) is 12.8 Å². The second-order valence-electron chi connectivity index (χ2n) is 8.44. The summed E-state index contributed by atoms with van der Waals surface area (Å²) in [6, 6.07) is 0. The van der Waals surface area contributed by atoms with Gasteiger partial charge in [0.1, 0.15) is 0 Å². The summed E-state index contributed by atoms with van der Waals surface area (Å²) in [5, 5.41) is 13.5. The van der Waals surface area contributed by atoms with Crippen LogP contribution in [0.1, 0.15) is 67.2 Å². The Morgan fingerprint density at radius 1 is 1.20 bits per heavy atom. The van der Waals surface area contributed by atoms with Crippen LogP contribution in [0.5, 0.6) is 0 Å². The summed E-state index contributed by atoms with van der Waals surface area (Å²) >= 11 is 0. The molecule has 0 saturated heterocycles. The molecule has 1 aliphatic carbocycles. The molecule has 120 valence electrons. The van der Waals surface area contributed by atoms with Crippen molar-refractivity contribution < 1.29 is 9.84 Å². The topological polar surface area (TPSA) is 41.5 Å². The Morgan fingerprint density at radius 3 is 2.35 bits per heavy atom. The van der Waals surface area contributed by atoms with Crippen molar-refractivity contribution in [1.29, 1.82) is 0 Å². The summed E-state index contributed by atoms with van der Waals surface area (Å²) in [6.07, 6.45) is 4.69. The molecule has 0 aromatic heterocycles. The molecule has 2 N–H and O–H groups in total. The van der Waals surface area contributed by atoms with E-state index < -0.39 is 6.10 Å². The SMILES string of the molecule is CC1CCCC1OCC(O)CNC(C)(C)CC(C)(C)C. The lowest BCUT2D eigenvalue weighted by Gasteiger charge is -2.34. The summed E-state index contributed by atoms with van der Waals surface area (Å²) in [6.45, 7) is 14.4. The van der Waals surface area contributed by atoms with Gasteiger partial charge in [-0.25, -0.2) is 0 Å². The van der Waals surface area contributed by atoms with Gasteiger partial charge in [0.2, 0.25) is 0 Å². The van der Waals surface area contributed by atoms with Crippen molar-refractivity contribution in [3.63, 3.8) is 0 Å². The number of nitrogens with one attached hydrogen (secondary N) is 1. The van der Waals surface area contributed by atoms with Crippen LogP contribution in [0.15, 0.2) is 0 Å². The van der Waals surface area contributed by atoms with Crippen molar-refractivity contribution in [2.75, 3.05) is 13.2 Å². The average Bonchev–Trinajstić information content (AvgIpc) is 2.66. The maximum absolute atomic E-state index is 10.1. The van der Waals surface area contributed by atoms with Crippen LogP contribution < -0.4 is 5.32 Å². The molecule has 3 atom stereocenters. The van der Waals surface area contributed by atoms with E-state index in [2.05, 4.69) is 46.9 Å². The first-order valence-electron chi connectivity index (χ1n) is 8.14. The van der Waals surface area contributed by atoms with Gasteiger partial charge in [-0.2, -0.15) is 0 Å². The van der Waals surface area contributed by atoms with Crippen molar-refractivity contribution in [2.24, 2.45) is 11.3 Å². The Hall–Kier alpha value is -0.120. The van der Waals surface area contributed by atoms with Gasteiger partial charge in [-0.05, 0) is 44.4 Å². The lowest BCUT2D eigenvalue weighted by Crippen LogP contribution is -2.46. The van der Waals surface area contributed by atoms with Crippen molar-refractivity contribution >= 4 is 0 Å². The van der Waals surface area contributed by atoms with Gasteiger partial charge in [0.25, 0.3) is 0 Å². The summed E-state index contributed by atoms with van der Waals surface area (Å²) < 4.78 is 5.85. The van der Waals surface area contributed by atoms with Crippen LogP contribution in [0.25, 0.3) is 0 Å². The number of hydrogen-bond donors (Lipinski definition) is 2. The molecule has 0 aromatic rings. The lowest BCUT2D eigenvalue weighted by atomic mass is 9.82. The molecule has 1 saturated carbocycles. The highest BCUT2D eigenvalue weighted by atomic mass is 16.5. The molecule has 0 aliphatic heterocycles. The molecule has 3 unspecified atom stereocenters. The van der Waals surface area contributed by atoms with E-state index in [-0.39, 0.29) is 11.0 Å². The molecular formula is C17H35NO2. The fourth-order valence-electron chi connectivity index (χ4n) is 3.44. The Bertz CT molecular complexity index is 283. The minimum Gasteiger partial charge on any atom is -0.389 e. The van der Waals surface area contributed by atoms with Crippen LogP contribution in [0.3, 0.4) is 0 Å². The Labute approximate surface area is 125 Å². The molecule has 0 radical (unpaired) electrons. The van der Waals surface area contributed by atoms with E-state index in [4.69, 9.17) is 4.74 Å². The smallest absolute Gasteiger partial charge is 0.0898 e. The fourth-order valence-corrected chi connectivity index (χ4v) is 3.44. The third-order valence-corrected chi connectivity index (χ3v) is 4.07. The molecular weight excluding hydrogens is 250 g/mol. The second kappa shape index (κ2) is 7.24. The Kier molecular flexibility index (Phi) is 6.49. The van der Waals surface area contributed by atoms with Gasteiger partial charge >= 0.3 is 0 Å². The zero-order valence-electron chi connectivity index (χ0n) is 14.3. The standard InChI is InChI=1S/C17H35NO2/c1-13-8-7-9-15(13)20-11-14(19)10-18-17(5,6)12-16(2,3)4/h13-15,18-19H,7-12H2,1-6H3. The van der Waals surface area contributed by atoms with Crippen LogP contribution in [0.4, 0.5) is 0 Å². The van der Waals surface area contributed by atoms with Crippen LogP contribution in [-0.4, -0.2) is 36.0 Å². The third kappa shape index (κ3) is 7.05. The van der Waals surface area contributed by atoms with Crippen molar-refractivity contribution in [3.8, 4) is 0 Å². The molecule has 0 spiro atoms. The van der Waals surface area contributed by atoms with Crippen LogP contribution in [-0.2, 0) is 4.74 Å². The molecule has 1 fully saturated rings. The number of ether oxygens (including phenoxy) is 1. The molecule has 0 aromatic carbocycles. The highest BCUT2D eigenvalue weighted by molar-refractivity contribution is 4.84. The quantitative estimate of drug-likeness (QED) is 0.753. The number of rotatable bonds is 7. The van der Waals surface area contributed by atoms with Gasteiger partial charge in [-0.1, -0.05) is 34.1 Å². The van der Waals surface area contributed by atoms with E-state index in [1.54, 1.807) is 0 Å². The first-order valence-corrected chi connectivity index (χ1v) is 8.14. The molecule has 3 nitrogen and oxygen atoms in total. The van der Waals surface area contributed by atoms with Crippen molar-refractivity contribution in [1.82, 2.24) is 5.32 Å². The zero-order valence-corrected chi connectivity index (χ0v) is 14.3. The summed E-state index contributed by atoms with van der Waals surface area (Å²) in [5.41, 5.74) is 0.330. The number of β-amino-alcohol motifs (C(OH)–C–C–N with tert-alkyl or cyclic N) is 1. The summed E-state index contributed by atoms with van der Waals surface area (Å²) in [4.78, 5) is 0. The molecule has 0 heterocycles. The van der Waals surface area contributed by atoms with Crippen molar-refractivity contribution in [3.05, 3.63) is 0 Å². The Morgan fingerprint density at radius 2 is 1.85 bits per heavy atom. The van der Waals surface area contributed by atoms with Crippen molar-refractivity contribution in [2.45, 2.75) is 85.0 Å². The summed E-state index contributed by atoms with van der Waals surface area (Å²) in [7, 11) is 0. The van der Waals surface area contributed by atoms with Gasteiger partial charge < -0.3 is 15.2 Å². The zero-order chi connectivity index (χ0) is 15.4. The van der Waals surface area contributed by atoms with E-state index in [1.807, 2.05) is 0 Å². The molecule has 0 bridgehead atoms.